The Hall–Kier alpha value is -4.77. The molecule has 0 saturated heterocycles. The summed E-state index contributed by atoms with van der Waals surface area (Å²) in [6.07, 6.45) is 4.48. The predicted octanol–water partition coefficient (Wildman–Crippen LogP) is 4.65. The van der Waals surface area contributed by atoms with E-state index >= 15 is 0 Å². The molecule has 0 radical (unpaired) electrons. The number of benzene rings is 1. The van der Waals surface area contributed by atoms with Crippen molar-refractivity contribution < 1.29 is 9.53 Å². The number of hydrogen-bond acceptors (Lipinski definition) is 8. The third-order valence-corrected chi connectivity index (χ3v) is 6.94. The SMILES string of the molecule is CCCC(C)n1c(=O)c2[nH]c(-c3ccc(NCC(=O)c4ccc(Cl)nc4)nc3)nc2n(-c2ccc(OC)cc2)c1=O. The number of fused-ring (bicyclic) bond motifs is 1. The Morgan fingerprint density at radius 1 is 1.07 bits per heavy atom. The number of imidazole rings is 1. The van der Waals surface area contributed by atoms with Crippen LogP contribution in [-0.4, -0.2) is 48.5 Å². The van der Waals surface area contributed by atoms with E-state index in [2.05, 4.69) is 25.3 Å². The molecule has 12 heteroatoms. The third-order valence-electron chi connectivity index (χ3n) is 6.72. The second-order valence-corrected chi connectivity index (χ2v) is 9.88. The summed E-state index contributed by atoms with van der Waals surface area (Å²) >= 11 is 5.79. The average Bonchev–Trinajstić information content (AvgIpc) is 3.42. The highest BCUT2D eigenvalue weighted by Crippen LogP contribution is 2.22. The van der Waals surface area contributed by atoms with Crippen molar-refractivity contribution in [1.29, 1.82) is 0 Å². The molecule has 2 N–H and O–H groups in total. The van der Waals surface area contributed by atoms with Crippen molar-refractivity contribution in [3.05, 3.63) is 92.5 Å². The van der Waals surface area contributed by atoms with Crippen LogP contribution in [0.4, 0.5) is 5.82 Å². The molecule has 0 saturated carbocycles. The summed E-state index contributed by atoms with van der Waals surface area (Å²) in [5.74, 6) is 1.33. The number of aromatic amines is 1. The molecule has 1 aromatic carbocycles. The molecule has 0 amide bonds. The molecule has 0 fully saturated rings. The van der Waals surface area contributed by atoms with Gasteiger partial charge in [0.05, 0.1) is 19.3 Å². The molecule has 0 aliphatic rings. The molecule has 1 unspecified atom stereocenters. The Kier molecular flexibility index (Phi) is 7.97. The highest BCUT2D eigenvalue weighted by atomic mass is 35.5. The maximum absolute atomic E-state index is 13.7. The first-order valence-electron chi connectivity index (χ1n) is 13.1. The number of aromatic nitrogens is 6. The molecule has 0 bridgehead atoms. The van der Waals surface area contributed by atoms with Crippen LogP contribution < -0.4 is 21.3 Å². The molecule has 0 aliphatic carbocycles. The minimum atomic E-state index is -0.468. The molecule has 4 aromatic heterocycles. The fourth-order valence-electron chi connectivity index (χ4n) is 4.57. The number of carbonyl (C=O) groups is 1. The van der Waals surface area contributed by atoms with E-state index in [0.29, 0.717) is 45.8 Å². The summed E-state index contributed by atoms with van der Waals surface area (Å²) < 4.78 is 7.97. The lowest BCUT2D eigenvalue weighted by atomic mass is 10.2. The number of nitrogens with zero attached hydrogens (tertiary/aromatic N) is 5. The van der Waals surface area contributed by atoms with E-state index in [-0.39, 0.29) is 29.5 Å². The lowest BCUT2D eigenvalue weighted by Gasteiger charge is -2.16. The van der Waals surface area contributed by atoms with E-state index < -0.39 is 11.2 Å². The van der Waals surface area contributed by atoms with Gasteiger partial charge in [-0.2, -0.15) is 0 Å². The maximum atomic E-state index is 13.7. The zero-order valence-corrected chi connectivity index (χ0v) is 23.5. The second kappa shape index (κ2) is 11.8. The minimum Gasteiger partial charge on any atom is -0.497 e. The number of nitrogens with one attached hydrogen (secondary N) is 2. The van der Waals surface area contributed by atoms with Gasteiger partial charge in [0.1, 0.15) is 22.5 Å². The Balaban J connectivity index is 1.50. The second-order valence-electron chi connectivity index (χ2n) is 9.49. The van der Waals surface area contributed by atoms with Crippen molar-refractivity contribution in [3.8, 4) is 22.8 Å². The molecular formula is C29H28ClN7O4. The van der Waals surface area contributed by atoms with Gasteiger partial charge in [0.15, 0.2) is 16.9 Å². The summed E-state index contributed by atoms with van der Waals surface area (Å²) in [6.45, 7) is 3.88. The van der Waals surface area contributed by atoms with Crippen molar-refractivity contribution in [3.63, 3.8) is 0 Å². The Labute approximate surface area is 239 Å². The van der Waals surface area contributed by atoms with Crippen molar-refractivity contribution >= 4 is 34.4 Å². The van der Waals surface area contributed by atoms with E-state index in [4.69, 9.17) is 16.3 Å². The lowest BCUT2D eigenvalue weighted by Crippen LogP contribution is -2.41. The molecule has 5 rings (SSSR count). The topological polar surface area (TPSA) is 137 Å². The van der Waals surface area contributed by atoms with Crippen molar-refractivity contribution in [1.82, 2.24) is 29.1 Å². The van der Waals surface area contributed by atoms with Gasteiger partial charge < -0.3 is 15.0 Å². The summed E-state index contributed by atoms with van der Waals surface area (Å²) in [5.41, 5.74) is 1.10. The van der Waals surface area contributed by atoms with Crippen LogP contribution in [0.2, 0.25) is 5.15 Å². The van der Waals surface area contributed by atoms with Crippen LogP contribution in [0.5, 0.6) is 5.75 Å². The fourth-order valence-corrected chi connectivity index (χ4v) is 4.68. The molecule has 0 aliphatic heterocycles. The number of ether oxygens (including phenoxy) is 1. The molecule has 4 heterocycles. The highest BCUT2D eigenvalue weighted by molar-refractivity contribution is 6.29. The van der Waals surface area contributed by atoms with Gasteiger partial charge in [0.2, 0.25) is 0 Å². The number of rotatable bonds is 10. The normalized spacial score (nSPS) is 11.9. The molecular weight excluding hydrogens is 546 g/mol. The molecule has 5 aromatic rings. The first-order chi connectivity index (χ1) is 19.8. The Morgan fingerprint density at radius 2 is 1.85 bits per heavy atom. The third kappa shape index (κ3) is 5.62. The number of halogens is 1. The van der Waals surface area contributed by atoms with Crippen LogP contribution in [0.15, 0.2) is 70.5 Å². The molecule has 1 atom stereocenters. The van der Waals surface area contributed by atoms with Gasteiger partial charge in [0.25, 0.3) is 5.56 Å². The predicted molar refractivity (Wildman–Crippen MR) is 157 cm³/mol. The number of methoxy groups -OCH3 is 1. The Morgan fingerprint density at radius 3 is 2.49 bits per heavy atom. The molecule has 41 heavy (non-hydrogen) atoms. The largest absolute Gasteiger partial charge is 0.497 e. The number of H-pyrrole nitrogens is 1. The summed E-state index contributed by atoms with van der Waals surface area (Å²) in [5, 5.41) is 3.30. The standard InChI is InChI=1S/C29H28ClN7O4/c1-4-5-17(2)36-28(39)25-27(37(29(36)40)20-8-10-21(41-3)11-9-20)35-26(34-25)19-7-13-24(32-15-19)33-16-22(38)18-6-12-23(30)31-14-18/h6-15,17H,4-5,16H2,1-3H3,(H,32,33)(H,34,35). The lowest BCUT2D eigenvalue weighted by molar-refractivity contribution is 0.101. The first kappa shape index (κ1) is 27.8. The smallest absolute Gasteiger partial charge is 0.337 e. The maximum Gasteiger partial charge on any atom is 0.337 e. The first-order valence-corrected chi connectivity index (χ1v) is 13.4. The number of ketones is 1. The quantitative estimate of drug-likeness (QED) is 0.182. The van der Waals surface area contributed by atoms with Gasteiger partial charge in [-0.25, -0.2) is 24.3 Å². The fraction of sp³-hybridized carbons (Fsp3) is 0.241. The van der Waals surface area contributed by atoms with Gasteiger partial charge in [-0.1, -0.05) is 24.9 Å². The van der Waals surface area contributed by atoms with Crippen molar-refractivity contribution in [2.45, 2.75) is 32.7 Å². The van der Waals surface area contributed by atoms with E-state index in [1.807, 2.05) is 13.8 Å². The number of Topliss-reactive ketones (excluding diaryl/α,β-unsaturated/α-hetero) is 1. The van der Waals surface area contributed by atoms with E-state index in [1.54, 1.807) is 61.8 Å². The van der Waals surface area contributed by atoms with E-state index in [0.717, 1.165) is 6.42 Å². The van der Waals surface area contributed by atoms with Crippen LogP contribution in [0.3, 0.4) is 0 Å². The number of anilines is 1. The molecule has 0 spiro atoms. The highest BCUT2D eigenvalue weighted by Gasteiger charge is 2.22. The van der Waals surface area contributed by atoms with Gasteiger partial charge >= 0.3 is 5.69 Å². The van der Waals surface area contributed by atoms with Crippen LogP contribution in [0, 0.1) is 0 Å². The van der Waals surface area contributed by atoms with Crippen molar-refractivity contribution in [2.24, 2.45) is 0 Å². The average molecular weight is 574 g/mol. The van der Waals surface area contributed by atoms with Gasteiger partial charge in [-0.05, 0) is 61.9 Å². The number of hydrogen-bond donors (Lipinski definition) is 2. The van der Waals surface area contributed by atoms with Gasteiger partial charge in [-0.3, -0.25) is 14.2 Å². The monoisotopic (exact) mass is 573 g/mol. The van der Waals surface area contributed by atoms with Crippen LogP contribution in [-0.2, 0) is 0 Å². The van der Waals surface area contributed by atoms with Crippen LogP contribution >= 0.6 is 11.6 Å². The summed E-state index contributed by atoms with van der Waals surface area (Å²) in [6, 6.07) is 13.3. The molecule has 210 valence electrons. The molecule has 11 nitrogen and oxygen atoms in total. The van der Waals surface area contributed by atoms with Crippen LogP contribution in [0.25, 0.3) is 28.2 Å². The summed E-state index contributed by atoms with van der Waals surface area (Å²) in [7, 11) is 1.57. The minimum absolute atomic E-state index is 0.0178. The Bertz CT molecular complexity index is 1810. The summed E-state index contributed by atoms with van der Waals surface area (Å²) in [4.78, 5) is 55.7. The zero-order chi connectivity index (χ0) is 29.1. The van der Waals surface area contributed by atoms with Crippen LogP contribution in [0.1, 0.15) is 43.1 Å². The van der Waals surface area contributed by atoms with Gasteiger partial charge in [0, 0.05) is 29.6 Å². The van der Waals surface area contributed by atoms with E-state index in [9.17, 15) is 14.4 Å². The van der Waals surface area contributed by atoms with E-state index in [1.165, 1.54) is 15.3 Å². The zero-order valence-electron chi connectivity index (χ0n) is 22.7. The van der Waals surface area contributed by atoms with Gasteiger partial charge in [-0.15, -0.1) is 0 Å². The number of pyridine rings is 2. The number of carbonyl (C=O) groups excluding carboxylic acids is 1. The van der Waals surface area contributed by atoms with Crippen molar-refractivity contribution in [2.75, 3.05) is 19.0 Å².